The molecule has 1 N–H and O–H groups in total. The first-order valence-electron chi connectivity index (χ1n) is 7.64. The van der Waals surface area contributed by atoms with Crippen LogP contribution >= 0.6 is 23.8 Å². The normalized spacial score (nSPS) is 10.1. The highest BCUT2D eigenvalue weighted by molar-refractivity contribution is 7.80. The quantitative estimate of drug-likeness (QED) is 0.574. The number of carbonyl (C=O) groups is 1. The molecule has 0 saturated heterocycles. The molecule has 126 valence electrons. The summed E-state index contributed by atoms with van der Waals surface area (Å²) >= 11 is 11.0. The highest BCUT2D eigenvalue weighted by atomic mass is 35.5. The molecule has 0 atom stereocenters. The number of nitrogens with one attached hydrogen (secondary N) is 1. The Balaban J connectivity index is 2.12. The minimum Gasteiger partial charge on any atom is -0.410 e. The van der Waals surface area contributed by atoms with Gasteiger partial charge >= 0.3 is 6.09 Å². The van der Waals surface area contributed by atoms with Gasteiger partial charge in [0.15, 0.2) is 0 Å². The summed E-state index contributed by atoms with van der Waals surface area (Å²) in [6.45, 7) is 2.34. The maximum absolute atomic E-state index is 12.5. The number of halogens is 1. The highest BCUT2D eigenvalue weighted by Gasteiger charge is 2.17. The Hall–Kier alpha value is -2.11. The molecular formula is C18H19ClN2O2S. The Morgan fingerprint density at radius 2 is 1.96 bits per heavy atom. The molecule has 0 radical (unpaired) electrons. The average molecular weight is 363 g/mol. The number of rotatable bonds is 6. The SMILES string of the molecule is CCC(=S)Nc1cccc(OC(=O)N(CCCl)c2ccccc2)c1. The third-order valence-electron chi connectivity index (χ3n) is 3.24. The van der Waals surface area contributed by atoms with Gasteiger partial charge in [0, 0.05) is 29.9 Å². The van der Waals surface area contributed by atoms with Crippen molar-refractivity contribution in [2.45, 2.75) is 13.3 Å². The summed E-state index contributed by atoms with van der Waals surface area (Å²) in [6.07, 6.45) is 0.272. The summed E-state index contributed by atoms with van der Waals surface area (Å²) in [6, 6.07) is 16.4. The molecule has 0 spiro atoms. The van der Waals surface area contributed by atoms with Crippen LogP contribution in [-0.2, 0) is 0 Å². The third kappa shape index (κ3) is 5.22. The molecule has 0 unspecified atom stereocenters. The van der Waals surface area contributed by atoms with Crippen LogP contribution in [0, 0.1) is 0 Å². The molecule has 0 fully saturated rings. The smallest absolute Gasteiger partial charge is 0.410 e. The van der Waals surface area contributed by atoms with Gasteiger partial charge in [-0.05, 0) is 30.7 Å². The van der Waals surface area contributed by atoms with Crippen molar-refractivity contribution in [3.63, 3.8) is 0 Å². The van der Waals surface area contributed by atoms with E-state index in [2.05, 4.69) is 5.32 Å². The van der Waals surface area contributed by atoms with E-state index in [0.717, 1.165) is 22.8 Å². The Bertz CT molecular complexity index is 694. The fraction of sp³-hybridized carbons (Fsp3) is 0.222. The molecule has 2 aromatic rings. The van der Waals surface area contributed by atoms with E-state index in [1.54, 1.807) is 18.2 Å². The van der Waals surface area contributed by atoms with Crippen LogP contribution in [0.25, 0.3) is 0 Å². The van der Waals surface area contributed by atoms with E-state index in [1.807, 2.05) is 43.3 Å². The molecule has 2 aromatic carbocycles. The number of amides is 1. The van der Waals surface area contributed by atoms with E-state index in [0.29, 0.717) is 18.2 Å². The van der Waals surface area contributed by atoms with E-state index in [4.69, 9.17) is 28.6 Å². The van der Waals surface area contributed by atoms with Crippen molar-refractivity contribution in [2.24, 2.45) is 0 Å². The zero-order valence-corrected chi connectivity index (χ0v) is 14.9. The summed E-state index contributed by atoms with van der Waals surface area (Å²) < 4.78 is 5.48. The van der Waals surface area contributed by atoms with E-state index in [1.165, 1.54) is 4.90 Å². The first-order valence-corrected chi connectivity index (χ1v) is 8.58. The van der Waals surface area contributed by atoms with Crippen molar-refractivity contribution in [3.05, 3.63) is 54.6 Å². The number of anilines is 2. The Kier molecular flexibility index (Phi) is 7.03. The van der Waals surface area contributed by atoms with Crippen molar-refractivity contribution >= 4 is 46.3 Å². The second-order valence-electron chi connectivity index (χ2n) is 4.97. The van der Waals surface area contributed by atoms with Crippen molar-refractivity contribution in [1.82, 2.24) is 0 Å². The van der Waals surface area contributed by atoms with Crippen LogP contribution in [0.3, 0.4) is 0 Å². The van der Waals surface area contributed by atoms with Crippen LogP contribution < -0.4 is 15.0 Å². The van der Waals surface area contributed by atoms with Crippen molar-refractivity contribution in [1.29, 1.82) is 0 Å². The van der Waals surface area contributed by atoms with Gasteiger partial charge in [-0.2, -0.15) is 0 Å². The minimum absolute atomic E-state index is 0.316. The lowest BCUT2D eigenvalue weighted by atomic mass is 10.3. The summed E-state index contributed by atoms with van der Waals surface area (Å²) in [5.41, 5.74) is 1.53. The number of ether oxygens (including phenoxy) is 1. The first kappa shape index (κ1) is 18.2. The number of carbonyl (C=O) groups excluding carboxylic acids is 1. The number of nitrogens with zero attached hydrogens (tertiary/aromatic N) is 1. The van der Waals surface area contributed by atoms with E-state index in [9.17, 15) is 4.79 Å². The van der Waals surface area contributed by atoms with Gasteiger partial charge in [-0.3, -0.25) is 4.90 Å². The molecule has 0 saturated carbocycles. The largest absolute Gasteiger partial charge is 0.419 e. The van der Waals surface area contributed by atoms with Gasteiger partial charge < -0.3 is 10.1 Å². The molecule has 0 heterocycles. The molecule has 1 amide bonds. The monoisotopic (exact) mass is 362 g/mol. The standard InChI is InChI=1S/C18H19ClN2O2S/c1-2-17(24)20-14-7-6-10-16(13-14)23-18(22)21(12-11-19)15-8-4-3-5-9-15/h3-10,13H,2,11-12H2,1H3,(H,20,24). The summed E-state index contributed by atoms with van der Waals surface area (Å²) in [4.78, 5) is 14.7. The molecule has 24 heavy (non-hydrogen) atoms. The molecule has 6 heteroatoms. The van der Waals surface area contributed by atoms with Crippen molar-refractivity contribution in [3.8, 4) is 5.75 Å². The van der Waals surface area contributed by atoms with Crippen LogP contribution in [0.2, 0.25) is 0 Å². The molecule has 0 aliphatic rings. The van der Waals surface area contributed by atoms with Gasteiger partial charge in [-0.15, -0.1) is 11.6 Å². The van der Waals surface area contributed by atoms with Gasteiger partial charge in [-0.1, -0.05) is 43.4 Å². The summed E-state index contributed by atoms with van der Waals surface area (Å²) in [5, 5.41) is 3.10. The third-order valence-corrected chi connectivity index (χ3v) is 3.80. The van der Waals surface area contributed by atoms with Crippen molar-refractivity contribution < 1.29 is 9.53 Å². The number of thiocarbonyl (C=S) groups is 1. The minimum atomic E-state index is -0.475. The van der Waals surface area contributed by atoms with E-state index in [-0.39, 0.29) is 0 Å². The van der Waals surface area contributed by atoms with Crippen LogP contribution in [0.1, 0.15) is 13.3 Å². The second-order valence-corrected chi connectivity index (χ2v) is 5.84. The number of para-hydroxylation sites is 1. The Labute approximate surface area is 152 Å². The topological polar surface area (TPSA) is 41.6 Å². The van der Waals surface area contributed by atoms with Crippen molar-refractivity contribution in [2.75, 3.05) is 22.6 Å². The fourth-order valence-electron chi connectivity index (χ4n) is 2.06. The molecule has 2 rings (SSSR count). The van der Waals surface area contributed by atoms with E-state index >= 15 is 0 Å². The van der Waals surface area contributed by atoms with Gasteiger partial charge in [0.25, 0.3) is 0 Å². The van der Waals surface area contributed by atoms with Gasteiger partial charge in [0.1, 0.15) is 5.75 Å². The number of alkyl halides is 1. The predicted molar refractivity (Wildman–Crippen MR) is 103 cm³/mol. The van der Waals surface area contributed by atoms with Gasteiger partial charge in [0.05, 0.1) is 4.99 Å². The zero-order valence-electron chi connectivity index (χ0n) is 13.4. The van der Waals surface area contributed by atoms with Crippen LogP contribution in [0.5, 0.6) is 5.75 Å². The maximum atomic E-state index is 12.5. The van der Waals surface area contributed by atoms with Crippen LogP contribution in [0.15, 0.2) is 54.6 Å². The lowest BCUT2D eigenvalue weighted by Gasteiger charge is -2.21. The fourth-order valence-corrected chi connectivity index (χ4v) is 2.35. The molecular weight excluding hydrogens is 344 g/mol. The molecule has 0 aliphatic carbocycles. The molecule has 4 nitrogen and oxygen atoms in total. The average Bonchev–Trinajstić information content (AvgIpc) is 2.60. The lowest BCUT2D eigenvalue weighted by molar-refractivity contribution is 0.208. The Morgan fingerprint density at radius 3 is 2.62 bits per heavy atom. The summed E-state index contributed by atoms with van der Waals surface area (Å²) in [7, 11) is 0. The van der Waals surface area contributed by atoms with Crippen LogP contribution in [0.4, 0.5) is 16.2 Å². The Morgan fingerprint density at radius 1 is 1.21 bits per heavy atom. The summed E-state index contributed by atoms with van der Waals surface area (Å²) in [5.74, 6) is 0.760. The van der Waals surface area contributed by atoms with Gasteiger partial charge in [-0.25, -0.2) is 4.79 Å². The molecule has 0 bridgehead atoms. The van der Waals surface area contributed by atoms with Crippen LogP contribution in [-0.4, -0.2) is 23.5 Å². The number of hydrogen-bond donors (Lipinski definition) is 1. The second kappa shape index (κ2) is 9.25. The van der Waals surface area contributed by atoms with Gasteiger partial charge in [0.2, 0.25) is 0 Å². The van der Waals surface area contributed by atoms with E-state index < -0.39 is 6.09 Å². The lowest BCUT2D eigenvalue weighted by Crippen LogP contribution is -2.35. The number of benzene rings is 2. The highest BCUT2D eigenvalue weighted by Crippen LogP contribution is 2.21. The maximum Gasteiger partial charge on any atom is 0.419 e. The predicted octanol–water partition coefficient (Wildman–Crippen LogP) is 5.08. The zero-order chi connectivity index (χ0) is 17.4. The molecule has 0 aromatic heterocycles. The first-order chi connectivity index (χ1) is 11.6. The number of hydrogen-bond acceptors (Lipinski definition) is 3. The molecule has 0 aliphatic heterocycles.